The highest BCUT2D eigenvalue weighted by molar-refractivity contribution is 7.99. The molecule has 0 aromatic carbocycles. The molecule has 3 N–H and O–H groups in total. The van der Waals surface area contributed by atoms with Crippen LogP contribution in [0.2, 0.25) is 0 Å². The summed E-state index contributed by atoms with van der Waals surface area (Å²) < 4.78 is 1.59. The molecule has 0 saturated heterocycles. The molecule has 0 unspecified atom stereocenters. The minimum Gasteiger partial charge on any atom is -0.308 e. The maximum absolute atomic E-state index is 5.40. The monoisotopic (exact) mass is 252 g/mol. The van der Waals surface area contributed by atoms with E-state index in [1.54, 1.807) is 11.7 Å². The second kappa shape index (κ2) is 5.06. The van der Waals surface area contributed by atoms with Crippen LogP contribution in [0.3, 0.4) is 0 Å². The van der Waals surface area contributed by atoms with Crippen molar-refractivity contribution in [1.29, 1.82) is 0 Å². The van der Waals surface area contributed by atoms with Crippen LogP contribution in [0.1, 0.15) is 12.5 Å². The number of nitrogen functional groups attached to an aromatic ring is 1. The highest BCUT2D eigenvalue weighted by atomic mass is 32.2. The summed E-state index contributed by atoms with van der Waals surface area (Å²) in [4.78, 5) is 8.28. The maximum atomic E-state index is 5.40. The van der Waals surface area contributed by atoms with Crippen LogP contribution in [0.25, 0.3) is 0 Å². The SMILES string of the molecule is CCc1c(NN)ncnc1Sc1nnnn1C. The number of nitrogens with one attached hydrogen (secondary N) is 1. The fourth-order valence-corrected chi connectivity index (χ4v) is 2.20. The predicted molar refractivity (Wildman–Crippen MR) is 62.1 cm³/mol. The number of hydrogen-bond acceptors (Lipinski definition) is 8. The molecule has 0 saturated carbocycles. The number of hydrazine groups is 1. The van der Waals surface area contributed by atoms with Gasteiger partial charge in [-0.15, -0.1) is 5.10 Å². The number of nitrogens with two attached hydrogens (primary N) is 1. The number of rotatable bonds is 4. The van der Waals surface area contributed by atoms with Crippen molar-refractivity contribution in [2.45, 2.75) is 23.5 Å². The number of aromatic nitrogens is 6. The van der Waals surface area contributed by atoms with Gasteiger partial charge in [0.2, 0.25) is 5.16 Å². The van der Waals surface area contributed by atoms with Crippen LogP contribution < -0.4 is 11.3 Å². The molecule has 90 valence electrons. The van der Waals surface area contributed by atoms with Crippen LogP contribution in [0.5, 0.6) is 0 Å². The lowest BCUT2D eigenvalue weighted by Gasteiger charge is -2.09. The van der Waals surface area contributed by atoms with Gasteiger partial charge in [0.25, 0.3) is 0 Å². The molecular formula is C8H12N8S. The Kier molecular flexibility index (Phi) is 3.49. The van der Waals surface area contributed by atoms with E-state index in [1.807, 2.05) is 6.92 Å². The normalized spacial score (nSPS) is 10.5. The Labute approximate surface area is 102 Å². The molecule has 0 fully saturated rings. The molecule has 9 heteroatoms. The minimum absolute atomic E-state index is 0.625. The molecule has 0 aliphatic heterocycles. The van der Waals surface area contributed by atoms with Crippen LogP contribution in [0, 0.1) is 0 Å². The molecule has 2 aromatic rings. The van der Waals surface area contributed by atoms with Crippen LogP contribution in [-0.4, -0.2) is 30.2 Å². The van der Waals surface area contributed by atoms with Crippen LogP contribution >= 0.6 is 11.8 Å². The molecule has 0 atom stereocenters. The van der Waals surface area contributed by atoms with E-state index in [9.17, 15) is 0 Å². The number of aryl methyl sites for hydroxylation is 1. The number of hydrogen-bond donors (Lipinski definition) is 2. The smallest absolute Gasteiger partial charge is 0.215 e. The fourth-order valence-electron chi connectivity index (χ4n) is 1.32. The Morgan fingerprint density at radius 2 is 2.29 bits per heavy atom. The van der Waals surface area contributed by atoms with Crippen molar-refractivity contribution < 1.29 is 0 Å². The third-order valence-electron chi connectivity index (χ3n) is 2.17. The molecule has 0 spiro atoms. The lowest BCUT2D eigenvalue weighted by molar-refractivity contribution is 0.664. The topological polar surface area (TPSA) is 107 Å². The van der Waals surface area contributed by atoms with Crippen molar-refractivity contribution in [3.05, 3.63) is 11.9 Å². The van der Waals surface area contributed by atoms with Gasteiger partial charge in [-0.25, -0.2) is 20.5 Å². The Morgan fingerprint density at radius 1 is 1.47 bits per heavy atom. The molecule has 0 radical (unpaired) electrons. The first-order valence-electron chi connectivity index (χ1n) is 4.97. The third kappa shape index (κ3) is 2.34. The molecule has 0 aliphatic carbocycles. The van der Waals surface area contributed by atoms with Crippen LogP contribution in [0.15, 0.2) is 16.5 Å². The predicted octanol–water partition coefficient (Wildman–Crippen LogP) is -0.000700. The summed E-state index contributed by atoms with van der Waals surface area (Å²) in [5, 5.41) is 12.7. The summed E-state index contributed by atoms with van der Waals surface area (Å²) in [6, 6.07) is 0. The fraction of sp³-hybridized carbons (Fsp3) is 0.375. The lowest BCUT2D eigenvalue weighted by Crippen LogP contribution is -2.12. The summed E-state index contributed by atoms with van der Waals surface area (Å²) in [5.74, 6) is 6.03. The van der Waals surface area contributed by atoms with E-state index in [0.717, 1.165) is 17.0 Å². The van der Waals surface area contributed by atoms with E-state index in [2.05, 4.69) is 30.9 Å². The molecule has 8 nitrogen and oxygen atoms in total. The molecule has 0 aliphatic rings. The highest BCUT2D eigenvalue weighted by Gasteiger charge is 2.13. The van der Waals surface area contributed by atoms with E-state index >= 15 is 0 Å². The van der Waals surface area contributed by atoms with Gasteiger partial charge >= 0.3 is 0 Å². The largest absolute Gasteiger partial charge is 0.308 e. The Bertz CT molecular complexity index is 510. The third-order valence-corrected chi connectivity index (χ3v) is 3.24. The standard InChI is InChI=1S/C8H12N8S/c1-3-5-6(12-9)10-4-11-7(5)17-8-13-14-15-16(8)2/h4H,3,9H2,1-2H3,(H,10,11,12). The van der Waals surface area contributed by atoms with E-state index in [0.29, 0.717) is 11.0 Å². The summed E-state index contributed by atoms with van der Waals surface area (Å²) in [6.07, 6.45) is 2.23. The van der Waals surface area contributed by atoms with Crippen LogP contribution in [-0.2, 0) is 13.5 Å². The second-order valence-electron chi connectivity index (χ2n) is 3.19. The van der Waals surface area contributed by atoms with Crippen molar-refractivity contribution >= 4 is 17.6 Å². The number of anilines is 1. The Hall–Kier alpha value is -1.74. The molecular weight excluding hydrogens is 240 g/mol. The van der Waals surface area contributed by atoms with Crippen molar-refractivity contribution in [3.8, 4) is 0 Å². The van der Waals surface area contributed by atoms with E-state index in [1.165, 1.54) is 18.1 Å². The zero-order valence-electron chi connectivity index (χ0n) is 9.45. The quantitative estimate of drug-likeness (QED) is 0.445. The van der Waals surface area contributed by atoms with Crippen molar-refractivity contribution in [1.82, 2.24) is 30.2 Å². The van der Waals surface area contributed by atoms with E-state index < -0.39 is 0 Å². The highest BCUT2D eigenvalue weighted by Crippen LogP contribution is 2.29. The van der Waals surface area contributed by atoms with Gasteiger partial charge in [0, 0.05) is 12.6 Å². The first-order chi connectivity index (χ1) is 8.26. The van der Waals surface area contributed by atoms with Crippen molar-refractivity contribution in [3.63, 3.8) is 0 Å². The van der Waals surface area contributed by atoms with Gasteiger partial charge in [-0.2, -0.15) is 0 Å². The number of nitrogens with zero attached hydrogens (tertiary/aromatic N) is 6. The van der Waals surface area contributed by atoms with Crippen LogP contribution in [0.4, 0.5) is 5.82 Å². The van der Waals surface area contributed by atoms with Gasteiger partial charge in [-0.05, 0) is 28.6 Å². The molecule has 0 amide bonds. The van der Waals surface area contributed by atoms with E-state index in [4.69, 9.17) is 5.84 Å². The van der Waals surface area contributed by atoms with Gasteiger partial charge < -0.3 is 5.43 Å². The van der Waals surface area contributed by atoms with Crippen molar-refractivity contribution in [2.24, 2.45) is 12.9 Å². The summed E-state index contributed by atoms with van der Waals surface area (Å²) in [5.41, 5.74) is 3.51. The number of tetrazole rings is 1. The molecule has 2 heterocycles. The second-order valence-corrected chi connectivity index (χ2v) is 4.15. The first kappa shape index (κ1) is 11.7. The summed E-state index contributed by atoms with van der Waals surface area (Å²) >= 11 is 1.38. The Balaban J connectivity index is 2.36. The van der Waals surface area contributed by atoms with Gasteiger partial charge in [-0.1, -0.05) is 6.92 Å². The summed E-state index contributed by atoms with van der Waals surface area (Å²) in [7, 11) is 1.78. The molecule has 0 bridgehead atoms. The summed E-state index contributed by atoms with van der Waals surface area (Å²) in [6.45, 7) is 2.01. The maximum Gasteiger partial charge on any atom is 0.215 e. The van der Waals surface area contributed by atoms with Crippen molar-refractivity contribution in [2.75, 3.05) is 5.43 Å². The first-order valence-corrected chi connectivity index (χ1v) is 5.78. The zero-order valence-corrected chi connectivity index (χ0v) is 10.3. The average Bonchev–Trinajstić information content (AvgIpc) is 2.74. The zero-order chi connectivity index (χ0) is 12.3. The molecule has 2 rings (SSSR count). The van der Waals surface area contributed by atoms with Gasteiger partial charge in [-0.3, -0.25) is 0 Å². The lowest BCUT2D eigenvalue weighted by atomic mass is 10.2. The minimum atomic E-state index is 0.625. The van der Waals surface area contributed by atoms with E-state index in [-0.39, 0.29) is 0 Å². The average molecular weight is 252 g/mol. The molecule has 17 heavy (non-hydrogen) atoms. The van der Waals surface area contributed by atoms with Gasteiger partial charge in [0.05, 0.1) is 0 Å². The van der Waals surface area contributed by atoms with Gasteiger partial charge in [0.15, 0.2) is 0 Å². The molecule has 2 aromatic heterocycles. The Morgan fingerprint density at radius 3 is 2.88 bits per heavy atom. The van der Waals surface area contributed by atoms with Gasteiger partial charge in [0.1, 0.15) is 17.2 Å².